The summed E-state index contributed by atoms with van der Waals surface area (Å²) in [4.78, 5) is 10.5. The molecule has 1 aromatic carbocycles. The molecule has 15 heavy (non-hydrogen) atoms. The fraction of sp³-hybridized carbons (Fsp3) is 0.300. The van der Waals surface area contributed by atoms with E-state index >= 15 is 0 Å². The van der Waals surface area contributed by atoms with Gasteiger partial charge in [0.05, 0.1) is 17.8 Å². The van der Waals surface area contributed by atoms with E-state index in [0.29, 0.717) is 5.69 Å². The van der Waals surface area contributed by atoms with Gasteiger partial charge in [0, 0.05) is 10.5 Å². The zero-order chi connectivity index (χ0) is 11.4. The summed E-state index contributed by atoms with van der Waals surface area (Å²) in [5.74, 6) is -0.828. The first-order valence-electron chi connectivity index (χ1n) is 4.52. The molecule has 0 aliphatic carbocycles. The normalized spacial score (nSPS) is 12.1. The van der Waals surface area contributed by atoms with Crippen LogP contribution in [0.2, 0.25) is 0 Å². The topological polar surface area (TPSA) is 75.3 Å². The number of nitrogens with one attached hydrogen (secondary N) is 1. The third kappa shape index (κ3) is 3.79. The lowest BCUT2D eigenvalue weighted by molar-refractivity contribution is -0.137. The van der Waals surface area contributed by atoms with Crippen molar-refractivity contribution >= 4 is 33.3 Å². The Morgan fingerprint density at radius 1 is 1.67 bits per heavy atom. The number of anilines is 2. The van der Waals surface area contributed by atoms with Crippen molar-refractivity contribution in [1.82, 2.24) is 0 Å². The first-order valence-corrected chi connectivity index (χ1v) is 5.31. The van der Waals surface area contributed by atoms with Crippen LogP contribution in [-0.2, 0) is 4.79 Å². The highest BCUT2D eigenvalue weighted by Crippen LogP contribution is 2.23. The van der Waals surface area contributed by atoms with E-state index in [-0.39, 0.29) is 12.5 Å². The van der Waals surface area contributed by atoms with Gasteiger partial charge in [0.2, 0.25) is 0 Å². The summed E-state index contributed by atoms with van der Waals surface area (Å²) in [6.07, 6.45) is 0.0650. The van der Waals surface area contributed by atoms with E-state index in [1.165, 1.54) is 0 Å². The molecule has 0 aliphatic rings. The van der Waals surface area contributed by atoms with E-state index in [1.807, 2.05) is 12.1 Å². The van der Waals surface area contributed by atoms with Crippen molar-refractivity contribution in [2.24, 2.45) is 0 Å². The zero-order valence-electron chi connectivity index (χ0n) is 8.33. The quantitative estimate of drug-likeness (QED) is 0.736. The number of aliphatic carboxylic acids is 1. The monoisotopic (exact) mass is 272 g/mol. The molecule has 0 aliphatic heterocycles. The fourth-order valence-corrected chi connectivity index (χ4v) is 1.62. The Balaban J connectivity index is 2.68. The molecule has 1 rings (SSSR count). The molecule has 82 valence electrons. The summed E-state index contributed by atoms with van der Waals surface area (Å²) >= 11 is 3.30. The van der Waals surface area contributed by atoms with Crippen LogP contribution in [0.3, 0.4) is 0 Å². The summed E-state index contributed by atoms with van der Waals surface area (Å²) in [6, 6.07) is 5.30. The highest BCUT2D eigenvalue weighted by Gasteiger charge is 2.08. The van der Waals surface area contributed by atoms with Gasteiger partial charge >= 0.3 is 5.97 Å². The number of carbonyl (C=O) groups is 1. The van der Waals surface area contributed by atoms with Crippen molar-refractivity contribution in [2.45, 2.75) is 19.4 Å². The molecule has 0 bridgehead atoms. The van der Waals surface area contributed by atoms with E-state index < -0.39 is 5.97 Å². The number of carboxylic acids is 1. The van der Waals surface area contributed by atoms with Gasteiger partial charge in [-0.1, -0.05) is 15.9 Å². The second kappa shape index (κ2) is 5.02. The molecule has 5 heteroatoms. The summed E-state index contributed by atoms with van der Waals surface area (Å²) in [5.41, 5.74) is 7.12. The number of halogens is 1. The van der Waals surface area contributed by atoms with Gasteiger partial charge in [-0.05, 0) is 25.1 Å². The summed E-state index contributed by atoms with van der Waals surface area (Å²) < 4.78 is 0.899. The van der Waals surface area contributed by atoms with Gasteiger partial charge in [-0.15, -0.1) is 0 Å². The van der Waals surface area contributed by atoms with Gasteiger partial charge in [-0.2, -0.15) is 0 Å². The number of nitrogen functional groups attached to an aromatic ring is 1. The second-order valence-electron chi connectivity index (χ2n) is 3.37. The summed E-state index contributed by atoms with van der Waals surface area (Å²) in [6.45, 7) is 1.80. The van der Waals surface area contributed by atoms with Gasteiger partial charge in [0.25, 0.3) is 0 Å². The molecule has 1 aromatic rings. The van der Waals surface area contributed by atoms with Crippen LogP contribution >= 0.6 is 15.9 Å². The lowest BCUT2D eigenvalue weighted by Gasteiger charge is -2.14. The van der Waals surface area contributed by atoms with Crippen LogP contribution in [0, 0.1) is 0 Å². The minimum atomic E-state index is -0.828. The van der Waals surface area contributed by atoms with Crippen LogP contribution in [0.15, 0.2) is 22.7 Å². The smallest absolute Gasteiger partial charge is 0.305 e. The minimum absolute atomic E-state index is 0.0650. The molecule has 4 nitrogen and oxygen atoms in total. The molecule has 0 saturated heterocycles. The maximum absolute atomic E-state index is 10.5. The Labute approximate surface area is 96.6 Å². The molecule has 0 radical (unpaired) electrons. The summed E-state index contributed by atoms with van der Waals surface area (Å²) in [7, 11) is 0. The van der Waals surface area contributed by atoms with E-state index in [4.69, 9.17) is 10.8 Å². The predicted molar refractivity (Wildman–Crippen MR) is 63.9 cm³/mol. The Morgan fingerprint density at radius 3 is 2.87 bits per heavy atom. The maximum Gasteiger partial charge on any atom is 0.305 e. The highest BCUT2D eigenvalue weighted by molar-refractivity contribution is 9.10. The fourth-order valence-electron chi connectivity index (χ4n) is 1.24. The van der Waals surface area contributed by atoms with Crippen molar-refractivity contribution in [3.05, 3.63) is 22.7 Å². The molecule has 4 N–H and O–H groups in total. The lowest BCUT2D eigenvalue weighted by Crippen LogP contribution is -2.19. The molecule has 0 spiro atoms. The van der Waals surface area contributed by atoms with Crippen molar-refractivity contribution < 1.29 is 9.90 Å². The molecule has 0 amide bonds. The van der Waals surface area contributed by atoms with Gasteiger partial charge < -0.3 is 16.2 Å². The van der Waals surface area contributed by atoms with Crippen LogP contribution in [0.1, 0.15) is 13.3 Å². The number of nitrogens with two attached hydrogens (primary N) is 1. The van der Waals surface area contributed by atoms with E-state index in [0.717, 1.165) is 10.2 Å². The summed E-state index contributed by atoms with van der Waals surface area (Å²) in [5, 5.41) is 11.6. The molecular formula is C10H13BrN2O2. The van der Waals surface area contributed by atoms with Gasteiger partial charge in [-0.25, -0.2) is 0 Å². The first kappa shape index (κ1) is 11.8. The van der Waals surface area contributed by atoms with Crippen molar-refractivity contribution in [3.63, 3.8) is 0 Å². The molecule has 0 aromatic heterocycles. The third-order valence-corrected chi connectivity index (χ3v) is 2.39. The van der Waals surface area contributed by atoms with Crippen LogP contribution in [-0.4, -0.2) is 17.1 Å². The standard InChI is InChI=1S/C10H13BrN2O2/c1-6(4-10(14)15)13-9-3-2-7(11)5-8(9)12/h2-3,5-6,13H,4,12H2,1H3,(H,14,15). The molecule has 0 fully saturated rings. The molecular weight excluding hydrogens is 260 g/mol. The largest absolute Gasteiger partial charge is 0.481 e. The Morgan fingerprint density at radius 2 is 2.33 bits per heavy atom. The van der Waals surface area contributed by atoms with E-state index in [1.54, 1.807) is 13.0 Å². The van der Waals surface area contributed by atoms with Gasteiger partial charge in [-0.3, -0.25) is 4.79 Å². The van der Waals surface area contributed by atoms with Crippen molar-refractivity contribution in [3.8, 4) is 0 Å². The number of carboxylic acid groups (broad SMARTS) is 1. The van der Waals surface area contributed by atoms with Crippen LogP contribution in [0.5, 0.6) is 0 Å². The Kier molecular flexibility index (Phi) is 3.96. The number of rotatable bonds is 4. The number of hydrogen-bond acceptors (Lipinski definition) is 3. The number of hydrogen-bond donors (Lipinski definition) is 3. The van der Waals surface area contributed by atoms with Crippen LogP contribution < -0.4 is 11.1 Å². The van der Waals surface area contributed by atoms with E-state index in [2.05, 4.69) is 21.2 Å². The average Bonchev–Trinajstić information content (AvgIpc) is 2.08. The first-order chi connectivity index (χ1) is 6.99. The molecule has 0 saturated carbocycles. The van der Waals surface area contributed by atoms with Crippen LogP contribution in [0.25, 0.3) is 0 Å². The zero-order valence-corrected chi connectivity index (χ0v) is 9.91. The second-order valence-corrected chi connectivity index (χ2v) is 4.29. The highest BCUT2D eigenvalue weighted by atomic mass is 79.9. The van der Waals surface area contributed by atoms with E-state index in [9.17, 15) is 4.79 Å². The maximum atomic E-state index is 10.5. The minimum Gasteiger partial charge on any atom is -0.481 e. The van der Waals surface area contributed by atoms with Crippen molar-refractivity contribution in [1.29, 1.82) is 0 Å². The Bertz CT molecular complexity index is 368. The molecule has 1 unspecified atom stereocenters. The van der Waals surface area contributed by atoms with Gasteiger partial charge in [0.15, 0.2) is 0 Å². The van der Waals surface area contributed by atoms with Crippen LogP contribution in [0.4, 0.5) is 11.4 Å². The predicted octanol–water partition coefficient (Wildman–Crippen LogP) is 2.31. The lowest BCUT2D eigenvalue weighted by atomic mass is 10.2. The third-order valence-electron chi connectivity index (χ3n) is 1.90. The number of benzene rings is 1. The molecule has 1 atom stereocenters. The SMILES string of the molecule is CC(CC(=O)O)Nc1ccc(Br)cc1N. The molecule has 0 heterocycles. The van der Waals surface area contributed by atoms with Crippen molar-refractivity contribution in [2.75, 3.05) is 11.1 Å². The Hall–Kier alpha value is -1.23. The average molecular weight is 273 g/mol. The van der Waals surface area contributed by atoms with Gasteiger partial charge in [0.1, 0.15) is 0 Å².